The van der Waals surface area contributed by atoms with Crippen LogP contribution in [0.5, 0.6) is 0 Å². The minimum Gasteiger partial charge on any atom is -0.619 e. The lowest BCUT2D eigenvalue weighted by molar-refractivity contribution is -0.607. The third-order valence-corrected chi connectivity index (χ3v) is 7.01. The van der Waals surface area contributed by atoms with Gasteiger partial charge in [0.15, 0.2) is 12.0 Å². The SMILES string of the molecule is Cc1ccc([C@@H](NC(=O)Cc2ccc3oc(C(C)(O)c4cc[n+]([O-])cc4F)cc3c2)c2ccccc2)c(C)c1. The molecule has 198 valence electrons. The number of aromatic nitrogens is 1. The van der Waals surface area contributed by atoms with Crippen LogP contribution < -0.4 is 10.0 Å². The molecule has 0 radical (unpaired) electrons. The van der Waals surface area contributed by atoms with Crippen LogP contribution in [-0.2, 0) is 16.8 Å². The molecule has 2 aromatic heterocycles. The summed E-state index contributed by atoms with van der Waals surface area (Å²) in [6.45, 7) is 5.49. The second kappa shape index (κ2) is 10.3. The highest BCUT2D eigenvalue weighted by atomic mass is 19.1. The lowest BCUT2D eigenvalue weighted by Gasteiger charge is -2.22. The summed E-state index contributed by atoms with van der Waals surface area (Å²) in [5, 5.41) is 26.3. The third kappa shape index (κ3) is 5.40. The second-order valence-corrected chi connectivity index (χ2v) is 10.1. The van der Waals surface area contributed by atoms with Crippen LogP contribution in [0.3, 0.4) is 0 Å². The van der Waals surface area contributed by atoms with Crippen molar-refractivity contribution in [2.24, 2.45) is 0 Å². The number of carbonyl (C=O) groups excluding carboxylic acids is 1. The fourth-order valence-corrected chi connectivity index (χ4v) is 4.96. The van der Waals surface area contributed by atoms with Gasteiger partial charge in [0.25, 0.3) is 0 Å². The Labute approximate surface area is 225 Å². The molecule has 0 saturated carbocycles. The number of hydrogen-bond acceptors (Lipinski definition) is 4. The highest BCUT2D eigenvalue weighted by Gasteiger charge is 2.34. The summed E-state index contributed by atoms with van der Waals surface area (Å²) in [6, 6.07) is 24.0. The molecule has 39 heavy (non-hydrogen) atoms. The van der Waals surface area contributed by atoms with Crippen LogP contribution in [0.25, 0.3) is 11.0 Å². The Morgan fingerprint density at radius 3 is 2.56 bits per heavy atom. The van der Waals surface area contributed by atoms with Gasteiger partial charge in [-0.1, -0.05) is 60.2 Å². The molecule has 0 aliphatic carbocycles. The average molecular weight is 525 g/mol. The number of carbonyl (C=O) groups is 1. The fraction of sp³-hybridized carbons (Fsp3) is 0.188. The summed E-state index contributed by atoms with van der Waals surface area (Å²) in [4.78, 5) is 13.3. The molecule has 7 heteroatoms. The highest BCUT2D eigenvalue weighted by Crippen LogP contribution is 2.34. The zero-order valence-electron chi connectivity index (χ0n) is 21.9. The van der Waals surface area contributed by atoms with Crippen molar-refractivity contribution >= 4 is 16.9 Å². The Morgan fingerprint density at radius 2 is 1.85 bits per heavy atom. The molecular weight excluding hydrogens is 495 g/mol. The quantitative estimate of drug-likeness (QED) is 0.217. The van der Waals surface area contributed by atoms with Crippen LogP contribution in [0, 0.1) is 24.9 Å². The molecule has 5 rings (SSSR count). The van der Waals surface area contributed by atoms with Crippen molar-refractivity contribution in [2.75, 3.05) is 0 Å². The van der Waals surface area contributed by atoms with Crippen LogP contribution in [0.1, 0.15) is 52.1 Å². The summed E-state index contributed by atoms with van der Waals surface area (Å²) >= 11 is 0. The molecule has 1 amide bonds. The summed E-state index contributed by atoms with van der Waals surface area (Å²) in [5.41, 5.74) is 3.66. The Bertz CT molecular complexity index is 1660. The topological polar surface area (TPSA) is 89.4 Å². The van der Waals surface area contributed by atoms with E-state index in [2.05, 4.69) is 17.4 Å². The summed E-state index contributed by atoms with van der Waals surface area (Å²) < 4.78 is 20.6. The van der Waals surface area contributed by atoms with E-state index < -0.39 is 11.4 Å². The third-order valence-electron chi connectivity index (χ3n) is 7.01. The van der Waals surface area contributed by atoms with Gasteiger partial charge in [0, 0.05) is 17.0 Å². The predicted octanol–water partition coefficient (Wildman–Crippen LogP) is 5.53. The van der Waals surface area contributed by atoms with E-state index in [-0.39, 0.29) is 29.7 Å². The van der Waals surface area contributed by atoms with Gasteiger partial charge in [0.2, 0.25) is 12.1 Å². The number of furan rings is 1. The number of amides is 1. The van der Waals surface area contributed by atoms with Crippen LogP contribution >= 0.6 is 0 Å². The Morgan fingerprint density at radius 1 is 1.08 bits per heavy atom. The molecule has 0 aliphatic heterocycles. The maximum atomic E-state index is 14.4. The summed E-state index contributed by atoms with van der Waals surface area (Å²) in [6.07, 6.45) is 2.01. The van der Waals surface area contributed by atoms with E-state index in [1.165, 1.54) is 13.0 Å². The standard InChI is InChI=1S/C32H29FN2O4/c1-20-9-11-25(21(2)15-20)31(23-7-5-4-6-8-23)34-30(36)17-22-10-12-28-24(16-22)18-29(39-28)32(3,37)26-13-14-35(38)19-27(26)33/h4-16,18-19,31,37H,17H2,1-3H3,(H,34,36)/t31-,32?/m0/s1. The van der Waals surface area contributed by atoms with E-state index in [1.54, 1.807) is 18.2 Å². The molecular formula is C32H29FN2O4. The number of aliphatic hydroxyl groups is 1. The molecule has 0 saturated heterocycles. The van der Waals surface area contributed by atoms with Crippen molar-refractivity contribution in [1.29, 1.82) is 0 Å². The van der Waals surface area contributed by atoms with Crippen molar-refractivity contribution in [1.82, 2.24) is 5.32 Å². The number of pyridine rings is 1. The number of hydrogen-bond donors (Lipinski definition) is 2. The molecule has 0 fully saturated rings. The summed E-state index contributed by atoms with van der Waals surface area (Å²) in [5.74, 6) is -0.857. The van der Waals surface area contributed by atoms with E-state index in [0.29, 0.717) is 15.7 Å². The maximum absolute atomic E-state index is 14.4. The van der Waals surface area contributed by atoms with Gasteiger partial charge in [-0.2, -0.15) is 9.12 Å². The van der Waals surface area contributed by atoms with E-state index >= 15 is 0 Å². The van der Waals surface area contributed by atoms with Gasteiger partial charge in [-0.15, -0.1) is 0 Å². The van der Waals surface area contributed by atoms with Gasteiger partial charge in [-0.3, -0.25) is 4.79 Å². The molecule has 0 aliphatic rings. The fourth-order valence-electron chi connectivity index (χ4n) is 4.96. The molecule has 3 aromatic carbocycles. The first kappa shape index (κ1) is 26.1. The predicted molar refractivity (Wildman–Crippen MR) is 146 cm³/mol. The van der Waals surface area contributed by atoms with E-state index in [0.717, 1.165) is 40.2 Å². The van der Waals surface area contributed by atoms with Crippen molar-refractivity contribution in [2.45, 2.75) is 38.8 Å². The molecule has 2 heterocycles. The molecule has 5 aromatic rings. The Balaban J connectivity index is 1.39. The molecule has 0 bridgehead atoms. The molecule has 6 nitrogen and oxygen atoms in total. The van der Waals surface area contributed by atoms with E-state index in [9.17, 15) is 19.5 Å². The monoisotopic (exact) mass is 524 g/mol. The lowest BCUT2D eigenvalue weighted by atomic mass is 9.93. The first-order valence-electron chi connectivity index (χ1n) is 12.7. The van der Waals surface area contributed by atoms with Crippen LogP contribution in [0.2, 0.25) is 0 Å². The van der Waals surface area contributed by atoms with Crippen molar-refractivity contribution in [3.63, 3.8) is 0 Å². The zero-order chi connectivity index (χ0) is 27.7. The Hall–Kier alpha value is -4.49. The smallest absolute Gasteiger partial charge is 0.225 e. The zero-order valence-corrected chi connectivity index (χ0v) is 21.9. The van der Waals surface area contributed by atoms with E-state index in [4.69, 9.17) is 4.42 Å². The number of fused-ring (bicyclic) bond motifs is 1. The number of aryl methyl sites for hydroxylation is 2. The van der Waals surface area contributed by atoms with Gasteiger partial charge >= 0.3 is 0 Å². The molecule has 0 spiro atoms. The molecule has 2 atom stereocenters. The largest absolute Gasteiger partial charge is 0.619 e. The van der Waals surface area contributed by atoms with Gasteiger partial charge < -0.3 is 20.0 Å². The van der Waals surface area contributed by atoms with Gasteiger partial charge in [-0.05, 0) is 61.2 Å². The minimum absolute atomic E-state index is 0.0772. The number of halogens is 1. The maximum Gasteiger partial charge on any atom is 0.225 e. The highest BCUT2D eigenvalue weighted by molar-refractivity contribution is 5.83. The number of nitrogens with zero attached hydrogens (tertiary/aromatic N) is 1. The molecule has 1 unspecified atom stereocenters. The normalized spacial score (nSPS) is 13.7. The van der Waals surface area contributed by atoms with Gasteiger partial charge in [-0.25, -0.2) is 0 Å². The van der Waals surface area contributed by atoms with Crippen LogP contribution in [-0.4, -0.2) is 11.0 Å². The number of rotatable bonds is 7. The number of nitrogens with one attached hydrogen (secondary N) is 1. The minimum atomic E-state index is -1.80. The average Bonchev–Trinajstić information content (AvgIpc) is 3.32. The van der Waals surface area contributed by atoms with Crippen LogP contribution in [0.4, 0.5) is 4.39 Å². The van der Waals surface area contributed by atoms with E-state index in [1.807, 2.05) is 56.3 Å². The van der Waals surface area contributed by atoms with Gasteiger partial charge in [0.05, 0.1) is 12.5 Å². The second-order valence-electron chi connectivity index (χ2n) is 10.1. The lowest BCUT2D eigenvalue weighted by Crippen LogP contribution is -2.31. The molecule has 2 N–H and O–H groups in total. The summed E-state index contributed by atoms with van der Waals surface area (Å²) in [7, 11) is 0. The first-order chi connectivity index (χ1) is 18.6. The van der Waals surface area contributed by atoms with Crippen molar-refractivity contribution in [3.8, 4) is 0 Å². The van der Waals surface area contributed by atoms with Crippen molar-refractivity contribution in [3.05, 3.63) is 141 Å². The first-order valence-corrected chi connectivity index (χ1v) is 12.7. The Kier molecular flexibility index (Phi) is 6.93. The van der Waals surface area contributed by atoms with Crippen LogP contribution in [0.15, 0.2) is 95.7 Å². The van der Waals surface area contributed by atoms with Gasteiger partial charge in [0.1, 0.15) is 16.9 Å². The number of benzene rings is 3. The van der Waals surface area contributed by atoms with Crippen molar-refractivity contribution < 1.29 is 23.4 Å².